The van der Waals surface area contributed by atoms with Gasteiger partial charge in [0.05, 0.1) is 21.9 Å². The summed E-state index contributed by atoms with van der Waals surface area (Å²) in [4.78, 5) is 0. The standard InChI is InChI=1S/C10H15BrN2/c1-7-10(11)8(2)13(12-7)9-5-3-4-6-9/h9H,3-6H2,1-2H3. The lowest BCUT2D eigenvalue weighted by molar-refractivity contribution is 0.454. The Morgan fingerprint density at radius 3 is 2.38 bits per heavy atom. The number of rotatable bonds is 1. The van der Waals surface area contributed by atoms with Crippen LogP contribution in [0, 0.1) is 13.8 Å². The first-order chi connectivity index (χ1) is 6.20. The summed E-state index contributed by atoms with van der Waals surface area (Å²) < 4.78 is 3.38. The fourth-order valence-electron chi connectivity index (χ4n) is 2.15. The van der Waals surface area contributed by atoms with Crippen LogP contribution in [0.15, 0.2) is 4.47 Å². The smallest absolute Gasteiger partial charge is 0.0738 e. The van der Waals surface area contributed by atoms with E-state index in [-0.39, 0.29) is 0 Å². The van der Waals surface area contributed by atoms with Crippen LogP contribution >= 0.6 is 15.9 Å². The fraction of sp³-hybridized carbons (Fsp3) is 0.700. The summed E-state index contributed by atoms with van der Waals surface area (Å²) in [6.07, 6.45) is 5.32. The van der Waals surface area contributed by atoms with Crippen molar-refractivity contribution in [2.45, 2.75) is 45.6 Å². The lowest BCUT2D eigenvalue weighted by Gasteiger charge is -2.11. The van der Waals surface area contributed by atoms with Crippen LogP contribution < -0.4 is 0 Å². The molecule has 0 radical (unpaired) electrons. The lowest BCUT2D eigenvalue weighted by atomic mass is 10.2. The molecule has 0 atom stereocenters. The van der Waals surface area contributed by atoms with Gasteiger partial charge in [0.25, 0.3) is 0 Å². The third kappa shape index (κ3) is 1.54. The van der Waals surface area contributed by atoms with Gasteiger partial charge in [-0.1, -0.05) is 12.8 Å². The first kappa shape index (κ1) is 9.25. The van der Waals surface area contributed by atoms with E-state index in [9.17, 15) is 0 Å². The summed E-state index contributed by atoms with van der Waals surface area (Å²) in [7, 11) is 0. The Labute approximate surface area is 87.5 Å². The van der Waals surface area contributed by atoms with Gasteiger partial charge in [-0.3, -0.25) is 4.68 Å². The van der Waals surface area contributed by atoms with Crippen LogP contribution in [-0.4, -0.2) is 9.78 Å². The van der Waals surface area contributed by atoms with Crippen LogP contribution in [-0.2, 0) is 0 Å². The molecular formula is C10H15BrN2. The highest BCUT2D eigenvalue weighted by molar-refractivity contribution is 9.10. The average Bonchev–Trinajstić information content (AvgIpc) is 2.70. The van der Waals surface area contributed by atoms with Gasteiger partial charge in [-0.15, -0.1) is 0 Å². The normalized spacial score (nSPS) is 18.4. The molecule has 2 rings (SSSR count). The van der Waals surface area contributed by atoms with Gasteiger partial charge in [0, 0.05) is 0 Å². The minimum Gasteiger partial charge on any atom is -0.265 e. The maximum absolute atomic E-state index is 4.56. The molecule has 0 unspecified atom stereocenters. The molecule has 0 aliphatic heterocycles. The van der Waals surface area contributed by atoms with Crippen LogP contribution in [0.2, 0.25) is 0 Å². The Morgan fingerprint density at radius 2 is 1.92 bits per heavy atom. The minimum absolute atomic E-state index is 0.657. The molecule has 0 N–H and O–H groups in total. The van der Waals surface area contributed by atoms with Crippen molar-refractivity contribution in [3.8, 4) is 0 Å². The number of halogens is 1. The first-order valence-electron chi connectivity index (χ1n) is 4.91. The van der Waals surface area contributed by atoms with Gasteiger partial charge in [0.1, 0.15) is 0 Å². The molecule has 1 aromatic rings. The predicted molar refractivity (Wildman–Crippen MR) is 56.9 cm³/mol. The highest BCUT2D eigenvalue weighted by Gasteiger charge is 2.20. The molecule has 0 aromatic carbocycles. The zero-order valence-corrected chi connectivity index (χ0v) is 9.76. The summed E-state index contributed by atoms with van der Waals surface area (Å²) in [6, 6.07) is 0.657. The molecular weight excluding hydrogens is 228 g/mol. The van der Waals surface area contributed by atoms with Crippen molar-refractivity contribution in [2.75, 3.05) is 0 Å². The number of nitrogens with zero attached hydrogens (tertiary/aromatic N) is 2. The van der Waals surface area contributed by atoms with E-state index in [1.807, 2.05) is 0 Å². The molecule has 0 saturated heterocycles. The summed E-state index contributed by atoms with van der Waals surface area (Å²) in [5.41, 5.74) is 2.40. The second-order valence-corrected chi connectivity index (χ2v) is 4.66. The number of hydrogen-bond donors (Lipinski definition) is 0. The van der Waals surface area contributed by atoms with E-state index in [0.717, 1.165) is 5.69 Å². The van der Waals surface area contributed by atoms with E-state index < -0.39 is 0 Å². The molecule has 3 heteroatoms. The second kappa shape index (κ2) is 3.45. The topological polar surface area (TPSA) is 17.8 Å². The summed E-state index contributed by atoms with van der Waals surface area (Å²) in [6.45, 7) is 4.20. The van der Waals surface area contributed by atoms with Crippen molar-refractivity contribution >= 4 is 15.9 Å². The minimum atomic E-state index is 0.657. The Morgan fingerprint density at radius 1 is 1.31 bits per heavy atom. The number of hydrogen-bond acceptors (Lipinski definition) is 1. The highest BCUT2D eigenvalue weighted by Crippen LogP contribution is 2.32. The predicted octanol–water partition coefficient (Wildman–Crippen LogP) is 3.38. The Kier molecular flexibility index (Phi) is 2.45. The molecule has 1 heterocycles. The summed E-state index contributed by atoms with van der Waals surface area (Å²) >= 11 is 3.56. The number of aryl methyl sites for hydroxylation is 1. The maximum Gasteiger partial charge on any atom is 0.0738 e. The second-order valence-electron chi connectivity index (χ2n) is 3.87. The van der Waals surface area contributed by atoms with Gasteiger partial charge in [0.2, 0.25) is 0 Å². The van der Waals surface area contributed by atoms with Crippen LogP contribution in [0.25, 0.3) is 0 Å². The van der Waals surface area contributed by atoms with Gasteiger partial charge >= 0.3 is 0 Å². The quantitative estimate of drug-likeness (QED) is 0.739. The fourth-order valence-corrected chi connectivity index (χ4v) is 2.41. The third-order valence-electron chi connectivity index (χ3n) is 2.91. The van der Waals surface area contributed by atoms with E-state index in [1.54, 1.807) is 0 Å². The SMILES string of the molecule is Cc1nn(C2CCCC2)c(C)c1Br. The van der Waals surface area contributed by atoms with Crippen molar-refractivity contribution < 1.29 is 0 Å². The third-order valence-corrected chi connectivity index (χ3v) is 4.05. The van der Waals surface area contributed by atoms with Crippen molar-refractivity contribution in [3.63, 3.8) is 0 Å². The lowest BCUT2D eigenvalue weighted by Crippen LogP contribution is -2.08. The van der Waals surface area contributed by atoms with Crippen molar-refractivity contribution in [2.24, 2.45) is 0 Å². The average molecular weight is 243 g/mol. The molecule has 1 saturated carbocycles. The van der Waals surface area contributed by atoms with Crippen LogP contribution in [0.1, 0.15) is 43.1 Å². The van der Waals surface area contributed by atoms with Gasteiger partial charge < -0.3 is 0 Å². The molecule has 2 nitrogen and oxygen atoms in total. The molecule has 72 valence electrons. The molecule has 0 amide bonds. The van der Waals surface area contributed by atoms with Gasteiger partial charge in [-0.05, 0) is 42.6 Å². The van der Waals surface area contributed by atoms with E-state index in [1.165, 1.54) is 35.8 Å². The van der Waals surface area contributed by atoms with Gasteiger partial charge in [-0.25, -0.2) is 0 Å². The van der Waals surface area contributed by atoms with Crippen molar-refractivity contribution in [1.82, 2.24) is 9.78 Å². The zero-order valence-electron chi connectivity index (χ0n) is 8.18. The zero-order chi connectivity index (χ0) is 9.42. The van der Waals surface area contributed by atoms with Crippen LogP contribution in [0.3, 0.4) is 0 Å². The van der Waals surface area contributed by atoms with E-state index >= 15 is 0 Å². The number of aromatic nitrogens is 2. The van der Waals surface area contributed by atoms with Crippen LogP contribution in [0.4, 0.5) is 0 Å². The first-order valence-corrected chi connectivity index (χ1v) is 5.70. The molecule has 1 aromatic heterocycles. The van der Waals surface area contributed by atoms with Gasteiger partial charge in [-0.2, -0.15) is 5.10 Å². The largest absolute Gasteiger partial charge is 0.265 e. The summed E-state index contributed by atoms with van der Waals surface area (Å²) in [5, 5.41) is 4.56. The van der Waals surface area contributed by atoms with E-state index in [0.29, 0.717) is 6.04 Å². The maximum atomic E-state index is 4.56. The molecule has 0 bridgehead atoms. The Bertz CT molecular complexity index is 311. The molecule has 1 aliphatic rings. The highest BCUT2D eigenvalue weighted by atomic mass is 79.9. The van der Waals surface area contributed by atoms with E-state index in [4.69, 9.17) is 0 Å². The van der Waals surface area contributed by atoms with E-state index in [2.05, 4.69) is 39.6 Å². The Balaban J connectivity index is 2.34. The molecule has 13 heavy (non-hydrogen) atoms. The molecule has 1 aliphatic carbocycles. The van der Waals surface area contributed by atoms with Crippen molar-refractivity contribution in [3.05, 3.63) is 15.9 Å². The summed E-state index contributed by atoms with van der Waals surface area (Å²) in [5.74, 6) is 0. The molecule has 0 spiro atoms. The van der Waals surface area contributed by atoms with Gasteiger partial charge in [0.15, 0.2) is 0 Å². The molecule has 1 fully saturated rings. The Hall–Kier alpha value is -0.310. The van der Waals surface area contributed by atoms with Crippen molar-refractivity contribution in [1.29, 1.82) is 0 Å². The van der Waals surface area contributed by atoms with Crippen LogP contribution in [0.5, 0.6) is 0 Å². The monoisotopic (exact) mass is 242 g/mol.